The first-order valence-corrected chi connectivity index (χ1v) is 5.07. The third-order valence-corrected chi connectivity index (χ3v) is 2.62. The van der Waals surface area contributed by atoms with Crippen LogP contribution in [-0.4, -0.2) is 18.4 Å². The fraction of sp³-hybridized carbons (Fsp3) is 0.154. The van der Waals surface area contributed by atoms with Crippen LogP contribution >= 0.6 is 0 Å². The third-order valence-electron chi connectivity index (χ3n) is 2.62. The fourth-order valence-electron chi connectivity index (χ4n) is 1.83. The molecular weight excluding hydrogens is 186 g/mol. The van der Waals surface area contributed by atoms with Crippen LogP contribution in [0.25, 0.3) is 0 Å². The van der Waals surface area contributed by atoms with Crippen LogP contribution < -0.4 is 4.74 Å². The maximum Gasteiger partial charge on any atom is 0.143 e. The first-order valence-electron chi connectivity index (χ1n) is 5.07. The van der Waals surface area contributed by atoms with Gasteiger partial charge < -0.3 is 4.74 Å². The minimum absolute atomic E-state index is 0.0369. The second kappa shape index (κ2) is 3.39. The third kappa shape index (κ3) is 1.48. The molecule has 1 aliphatic heterocycles. The topological polar surface area (TPSA) is 21.6 Å². The minimum Gasteiger partial charge on any atom is -0.483 e. The Labute approximate surface area is 88.6 Å². The molecule has 2 atom stereocenters. The van der Waals surface area contributed by atoms with E-state index in [0.717, 1.165) is 11.3 Å². The van der Waals surface area contributed by atoms with E-state index in [-0.39, 0.29) is 12.1 Å². The van der Waals surface area contributed by atoms with E-state index in [0.29, 0.717) is 0 Å². The summed E-state index contributed by atoms with van der Waals surface area (Å²) >= 11 is 0. The van der Waals surface area contributed by atoms with Crippen molar-refractivity contribution in [2.75, 3.05) is 0 Å². The number of aliphatic imine (C=N–C) groups is 1. The summed E-state index contributed by atoms with van der Waals surface area (Å²) in [5.41, 5.74) is 1.05. The Morgan fingerprint density at radius 2 is 1.93 bits per heavy atom. The first kappa shape index (κ1) is 8.48. The van der Waals surface area contributed by atoms with E-state index in [1.807, 2.05) is 48.7 Å². The van der Waals surface area contributed by atoms with Crippen molar-refractivity contribution in [1.82, 2.24) is 0 Å². The van der Waals surface area contributed by atoms with Gasteiger partial charge in [-0.15, -0.1) is 0 Å². The van der Waals surface area contributed by atoms with Crippen molar-refractivity contribution in [3.63, 3.8) is 0 Å². The van der Waals surface area contributed by atoms with Gasteiger partial charge in [0.25, 0.3) is 0 Å². The van der Waals surface area contributed by atoms with E-state index in [2.05, 4.69) is 11.1 Å². The highest BCUT2D eigenvalue weighted by molar-refractivity contribution is 5.84. The number of benzene rings is 1. The van der Waals surface area contributed by atoms with Gasteiger partial charge in [-0.1, -0.05) is 30.4 Å². The predicted octanol–water partition coefficient (Wildman–Crippen LogP) is 2.36. The molecule has 1 aliphatic carbocycles. The molecule has 2 aliphatic rings. The van der Waals surface area contributed by atoms with Gasteiger partial charge in [0, 0.05) is 11.8 Å². The smallest absolute Gasteiger partial charge is 0.143 e. The lowest BCUT2D eigenvalue weighted by Crippen LogP contribution is -2.27. The monoisotopic (exact) mass is 197 g/mol. The average Bonchev–Trinajstić information content (AvgIpc) is 2.48. The lowest BCUT2D eigenvalue weighted by molar-refractivity contribution is 0.236. The van der Waals surface area contributed by atoms with E-state index in [4.69, 9.17) is 4.74 Å². The van der Waals surface area contributed by atoms with E-state index < -0.39 is 0 Å². The molecule has 1 aromatic rings. The van der Waals surface area contributed by atoms with E-state index in [9.17, 15) is 0 Å². The largest absolute Gasteiger partial charge is 0.483 e. The summed E-state index contributed by atoms with van der Waals surface area (Å²) in [5, 5.41) is 0. The van der Waals surface area contributed by atoms with Crippen LogP contribution in [-0.2, 0) is 0 Å². The number of nitrogens with zero attached hydrogens (tertiary/aromatic N) is 1. The number of hydrogen-bond acceptors (Lipinski definition) is 2. The molecule has 0 bridgehead atoms. The highest BCUT2D eigenvalue weighted by Crippen LogP contribution is 2.24. The molecular formula is C13H11NO. The number of rotatable bonds is 0. The van der Waals surface area contributed by atoms with E-state index in [1.165, 1.54) is 0 Å². The van der Waals surface area contributed by atoms with Gasteiger partial charge in [-0.25, -0.2) is 0 Å². The molecule has 2 nitrogen and oxygen atoms in total. The normalized spacial score (nSPS) is 26.4. The Morgan fingerprint density at radius 3 is 2.93 bits per heavy atom. The van der Waals surface area contributed by atoms with Crippen molar-refractivity contribution in [2.45, 2.75) is 12.1 Å². The molecule has 74 valence electrons. The summed E-state index contributed by atoms with van der Waals surface area (Å²) in [6, 6.07) is 8.09. The molecule has 1 aromatic carbocycles. The summed E-state index contributed by atoms with van der Waals surface area (Å²) in [6.07, 6.45) is 10.1. The Hall–Kier alpha value is -1.83. The minimum atomic E-state index is 0.0369. The SMILES string of the molecule is C1=CC2N=Cc3ccccc3OC2C=C1. The highest BCUT2D eigenvalue weighted by atomic mass is 16.5. The zero-order valence-corrected chi connectivity index (χ0v) is 8.21. The van der Waals surface area contributed by atoms with Gasteiger partial charge in [0.15, 0.2) is 0 Å². The van der Waals surface area contributed by atoms with Crippen molar-refractivity contribution >= 4 is 6.21 Å². The predicted molar refractivity (Wildman–Crippen MR) is 60.5 cm³/mol. The molecule has 0 saturated carbocycles. The molecule has 2 heteroatoms. The first-order chi connectivity index (χ1) is 7.43. The molecule has 0 fully saturated rings. The Kier molecular flexibility index (Phi) is 1.91. The van der Waals surface area contributed by atoms with E-state index >= 15 is 0 Å². The Morgan fingerprint density at radius 1 is 1.07 bits per heavy atom. The van der Waals surface area contributed by atoms with Crippen LogP contribution in [0.1, 0.15) is 5.56 Å². The summed E-state index contributed by atoms with van der Waals surface area (Å²) in [4.78, 5) is 4.50. The van der Waals surface area contributed by atoms with E-state index in [1.54, 1.807) is 0 Å². The molecule has 15 heavy (non-hydrogen) atoms. The van der Waals surface area contributed by atoms with Gasteiger partial charge in [0.2, 0.25) is 0 Å². The van der Waals surface area contributed by atoms with Crippen LogP contribution in [0, 0.1) is 0 Å². The standard InChI is InChI=1S/C13H11NO/c1-3-7-12-10(5-1)9-14-11-6-2-4-8-13(11)15-12/h1-9,11,13H. The lowest BCUT2D eigenvalue weighted by Gasteiger charge is -2.20. The molecule has 0 aromatic heterocycles. The van der Waals surface area contributed by atoms with Crippen molar-refractivity contribution in [2.24, 2.45) is 4.99 Å². The number of hydrogen-bond donors (Lipinski definition) is 0. The maximum absolute atomic E-state index is 5.90. The van der Waals surface area contributed by atoms with Gasteiger partial charge in [0.1, 0.15) is 17.9 Å². The Balaban J connectivity index is 2.04. The van der Waals surface area contributed by atoms with Gasteiger partial charge in [-0.05, 0) is 18.2 Å². The Bertz CT molecular complexity index is 459. The highest BCUT2D eigenvalue weighted by Gasteiger charge is 2.22. The molecule has 0 radical (unpaired) electrons. The summed E-state index contributed by atoms with van der Waals surface area (Å²) in [6.45, 7) is 0. The maximum atomic E-state index is 5.90. The molecule has 1 heterocycles. The van der Waals surface area contributed by atoms with Gasteiger partial charge >= 0.3 is 0 Å². The second-order valence-electron chi connectivity index (χ2n) is 3.66. The molecule has 0 amide bonds. The zero-order chi connectivity index (χ0) is 10.1. The van der Waals surface area contributed by atoms with Gasteiger partial charge in [-0.3, -0.25) is 4.99 Å². The molecule has 3 rings (SSSR count). The van der Waals surface area contributed by atoms with Gasteiger partial charge in [0.05, 0.1) is 0 Å². The number of fused-ring (bicyclic) bond motifs is 2. The number of para-hydroxylation sites is 1. The van der Waals surface area contributed by atoms with Crippen LogP contribution in [0.2, 0.25) is 0 Å². The second-order valence-corrected chi connectivity index (χ2v) is 3.66. The summed E-state index contributed by atoms with van der Waals surface area (Å²) in [7, 11) is 0. The van der Waals surface area contributed by atoms with Crippen LogP contribution in [0.15, 0.2) is 53.6 Å². The zero-order valence-electron chi connectivity index (χ0n) is 8.21. The number of allylic oxidation sites excluding steroid dienone is 2. The fourth-order valence-corrected chi connectivity index (χ4v) is 1.83. The summed E-state index contributed by atoms with van der Waals surface area (Å²) in [5.74, 6) is 0.911. The lowest BCUT2D eigenvalue weighted by atomic mass is 10.1. The van der Waals surface area contributed by atoms with Crippen molar-refractivity contribution in [1.29, 1.82) is 0 Å². The van der Waals surface area contributed by atoms with Crippen LogP contribution in [0.5, 0.6) is 5.75 Å². The van der Waals surface area contributed by atoms with Crippen LogP contribution in [0.3, 0.4) is 0 Å². The summed E-state index contributed by atoms with van der Waals surface area (Å²) < 4.78 is 5.90. The van der Waals surface area contributed by atoms with Crippen molar-refractivity contribution in [3.8, 4) is 5.75 Å². The molecule has 0 spiro atoms. The quantitative estimate of drug-likeness (QED) is 0.625. The average molecular weight is 197 g/mol. The molecule has 0 N–H and O–H groups in total. The number of ether oxygens (including phenoxy) is 1. The van der Waals surface area contributed by atoms with Crippen LogP contribution in [0.4, 0.5) is 0 Å². The molecule has 0 saturated heterocycles. The molecule has 2 unspecified atom stereocenters. The van der Waals surface area contributed by atoms with Crippen molar-refractivity contribution < 1.29 is 4.74 Å². The van der Waals surface area contributed by atoms with Crippen molar-refractivity contribution in [3.05, 3.63) is 54.1 Å². The van der Waals surface area contributed by atoms with Gasteiger partial charge in [-0.2, -0.15) is 0 Å².